The lowest BCUT2D eigenvalue weighted by molar-refractivity contribution is -0.0121. The Balaban J connectivity index is 1.62. The van der Waals surface area contributed by atoms with Crippen molar-refractivity contribution in [1.29, 1.82) is 0 Å². The molecule has 0 radical (unpaired) electrons. The highest BCUT2D eigenvalue weighted by Gasteiger charge is 2.20. The Morgan fingerprint density at radius 2 is 2.05 bits per heavy atom. The van der Waals surface area contributed by atoms with Gasteiger partial charge in [0, 0.05) is 36.1 Å². The molecule has 108 valence electrons. The van der Waals surface area contributed by atoms with E-state index < -0.39 is 0 Å². The van der Waals surface area contributed by atoms with Crippen LogP contribution in [0.3, 0.4) is 0 Å². The number of thiophene rings is 1. The molecule has 0 amide bonds. The standard InChI is InChI=1S/C15H25NO2S/c1-15(2,17-3)8-9-18-11-14-7-6-13(19-14)10-16-12-4-5-12/h6-7,12,16H,4-5,8-11H2,1-3H3. The van der Waals surface area contributed by atoms with E-state index in [0.29, 0.717) is 6.61 Å². The molecule has 0 aromatic carbocycles. The van der Waals surface area contributed by atoms with E-state index >= 15 is 0 Å². The number of rotatable bonds is 9. The fourth-order valence-electron chi connectivity index (χ4n) is 1.72. The molecule has 0 bridgehead atoms. The van der Waals surface area contributed by atoms with Crippen molar-refractivity contribution >= 4 is 11.3 Å². The SMILES string of the molecule is COC(C)(C)CCOCc1ccc(CNC2CC2)s1. The van der Waals surface area contributed by atoms with Gasteiger partial charge in [0.05, 0.1) is 12.2 Å². The number of nitrogens with one attached hydrogen (secondary N) is 1. The maximum atomic E-state index is 5.72. The van der Waals surface area contributed by atoms with Crippen molar-refractivity contribution in [2.24, 2.45) is 0 Å². The first-order chi connectivity index (χ1) is 9.09. The minimum atomic E-state index is -0.0885. The van der Waals surface area contributed by atoms with Crippen LogP contribution in [0.4, 0.5) is 0 Å². The van der Waals surface area contributed by atoms with Gasteiger partial charge in [0.15, 0.2) is 0 Å². The van der Waals surface area contributed by atoms with E-state index in [0.717, 1.165) is 25.6 Å². The Morgan fingerprint density at radius 3 is 2.74 bits per heavy atom. The average molecular weight is 283 g/mol. The Morgan fingerprint density at radius 1 is 1.32 bits per heavy atom. The fourth-order valence-corrected chi connectivity index (χ4v) is 2.63. The molecule has 2 rings (SSSR count). The van der Waals surface area contributed by atoms with Crippen LogP contribution in [0.5, 0.6) is 0 Å². The first-order valence-corrected chi connectivity index (χ1v) is 7.84. The smallest absolute Gasteiger partial charge is 0.0809 e. The number of hydrogen-bond acceptors (Lipinski definition) is 4. The van der Waals surface area contributed by atoms with Gasteiger partial charge in [0.2, 0.25) is 0 Å². The van der Waals surface area contributed by atoms with Crippen molar-refractivity contribution in [3.05, 3.63) is 21.9 Å². The molecule has 0 unspecified atom stereocenters. The summed E-state index contributed by atoms with van der Waals surface area (Å²) < 4.78 is 11.1. The van der Waals surface area contributed by atoms with E-state index in [9.17, 15) is 0 Å². The number of methoxy groups -OCH3 is 1. The lowest BCUT2D eigenvalue weighted by Gasteiger charge is -2.22. The zero-order valence-corrected chi connectivity index (χ0v) is 13.0. The lowest BCUT2D eigenvalue weighted by Crippen LogP contribution is -2.24. The number of hydrogen-bond donors (Lipinski definition) is 1. The summed E-state index contributed by atoms with van der Waals surface area (Å²) in [4.78, 5) is 2.71. The molecule has 1 saturated carbocycles. The predicted molar refractivity (Wildman–Crippen MR) is 79.5 cm³/mol. The van der Waals surface area contributed by atoms with Crippen molar-refractivity contribution in [3.8, 4) is 0 Å². The third-order valence-corrected chi connectivity index (χ3v) is 4.56. The summed E-state index contributed by atoms with van der Waals surface area (Å²) >= 11 is 1.85. The third-order valence-electron chi connectivity index (χ3n) is 3.50. The van der Waals surface area contributed by atoms with Crippen LogP contribution in [-0.2, 0) is 22.6 Å². The molecule has 1 aliphatic carbocycles. The van der Waals surface area contributed by atoms with Gasteiger partial charge >= 0.3 is 0 Å². The summed E-state index contributed by atoms with van der Waals surface area (Å²) in [6.07, 6.45) is 3.61. The molecule has 1 aliphatic rings. The van der Waals surface area contributed by atoms with Crippen molar-refractivity contribution in [2.45, 2.75) is 57.9 Å². The summed E-state index contributed by atoms with van der Waals surface area (Å²) in [7, 11) is 1.75. The highest BCUT2D eigenvalue weighted by molar-refractivity contribution is 7.11. The molecule has 0 aliphatic heterocycles. The second-order valence-corrected chi connectivity index (χ2v) is 7.04. The van der Waals surface area contributed by atoms with Gasteiger partial charge in [-0.2, -0.15) is 0 Å². The quantitative estimate of drug-likeness (QED) is 0.705. The Hall–Kier alpha value is -0.420. The molecule has 19 heavy (non-hydrogen) atoms. The predicted octanol–water partition coefficient (Wildman–Crippen LogP) is 3.33. The molecular weight excluding hydrogens is 258 g/mol. The molecule has 1 aromatic rings. The van der Waals surface area contributed by atoms with Crippen molar-refractivity contribution in [1.82, 2.24) is 5.32 Å². The zero-order valence-electron chi connectivity index (χ0n) is 12.2. The van der Waals surface area contributed by atoms with Gasteiger partial charge in [-0.3, -0.25) is 0 Å². The van der Waals surface area contributed by atoms with E-state index in [-0.39, 0.29) is 5.60 Å². The summed E-state index contributed by atoms with van der Waals surface area (Å²) in [5, 5.41) is 3.53. The molecule has 0 spiro atoms. The van der Waals surface area contributed by atoms with Crippen LogP contribution >= 0.6 is 11.3 Å². The summed E-state index contributed by atoms with van der Waals surface area (Å²) in [6, 6.07) is 5.16. The Kier molecular flexibility index (Phi) is 5.39. The van der Waals surface area contributed by atoms with E-state index in [1.807, 2.05) is 11.3 Å². The molecule has 3 nitrogen and oxygen atoms in total. The Bertz CT molecular complexity index is 385. The highest BCUT2D eigenvalue weighted by atomic mass is 32.1. The van der Waals surface area contributed by atoms with E-state index in [4.69, 9.17) is 9.47 Å². The van der Waals surface area contributed by atoms with Crippen LogP contribution in [0, 0.1) is 0 Å². The fraction of sp³-hybridized carbons (Fsp3) is 0.733. The normalized spacial score (nSPS) is 15.9. The van der Waals surface area contributed by atoms with Gasteiger partial charge in [-0.1, -0.05) is 0 Å². The Labute approximate surface area is 120 Å². The van der Waals surface area contributed by atoms with Gasteiger partial charge in [0.1, 0.15) is 0 Å². The number of ether oxygens (including phenoxy) is 2. The highest BCUT2D eigenvalue weighted by Crippen LogP contribution is 2.22. The third kappa shape index (κ3) is 5.61. The lowest BCUT2D eigenvalue weighted by atomic mass is 10.1. The van der Waals surface area contributed by atoms with Gasteiger partial charge in [-0.15, -0.1) is 11.3 Å². The molecule has 0 saturated heterocycles. The molecule has 0 atom stereocenters. The van der Waals surface area contributed by atoms with Gasteiger partial charge in [0.25, 0.3) is 0 Å². The van der Waals surface area contributed by atoms with E-state index in [1.54, 1.807) is 7.11 Å². The van der Waals surface area contributed by atoms with Crippen molar-refractivity contribution in [3.63, 3.8) is 0 Å². The van der Waals surface area contributed by atoms with Gasteiger partial charge in [-0.05, 0) is 45.2 Å². The zero-order chi connectivity index (χ0) is 13.7. The minimum Gasteiger partial charge on any atom is -0.379 e. The topological polar surface area (TPSA) is 30.5 Å². The van der Waals surface area contributed by atoms with Gasteiger partial charge < -0.3 is 14.8 Å². The first-order valence-electron chi connectivity index (χ1n) is 7.03. The summed E-state index contributed by atoms with van der Waals surface area (Å²) in [6.45, 7) is 6.64. The van der Waals surface area contributed by atoms with Gasteiger partial charge in [-0.25, -0.2) is 0 Å². The van der Waals surface area contributed by atoms with E-state index in [1.165, 1.54) is 22.6 Å². The monoisotopic (exact) mass is 283 g/mol. The van der Waals surface area contributed by atoms with Crippen LogP contribution in [0.1, 0.15) is 42.9 Å². The van der Waals surface area contributed by atoms with Crippen LogP contribution < -0.4 is 5.32 Å². The second-order valence-electron chi connectivity index (χ2n) is 5.79. The molecule has 1 aromatic heterocycles. The molecule has 1 heterocycles. The maximum absolute atomic E-state index is 5.72. The van der Waals surface area contributed by atoms with Crippen LogP contribution in [0.25, 0.3) is 0 Å². The maximum Gasteiger partial charge on any atom is 0.0809 e. The van der Waals surface area contributed by atoms with Crippen LogP contribution in [0.2, 0.25) is 0 Å². The second kappa shape index (κ2) is 6.84. The largest absolute Gasteiger partial charge is 0.379 e. The molecule has 1 N–H and O–H groups in total. The first kappa shape index (κ1) is 15.0. The van der Waals surface area contributed by atoms with E-state index in [2.05, 4.69) is 31.3 Å². The molecule has 4 heteroatoms. The van der Waals surface area contributed by atoms with Crippen molar-refractivity contribution < 1.29 is 9.47 Å². The van der Waals surface area contributed by atoms with Crippen molar-refractivity contribution in [2.75, 3.05) is 13.7 Å². The average Bonchev–Trinajstić information content (AvgIpc) is 3.11. The summed E-state index contributed by atoms with van der Waals surface area (Å²) in [5.74, 6) is 0. The van der Waals surface area contributed by atoms with Crippen LogP contribution in [-0.4, -0.2) is 25.4 Å². The molecular formula is C15H25NO2S. The van der Waals surface area contributed by atoms with Crippen LogP contribution in [0.15, 0.2) is 12.1 Å². The molecule has 1 fully saturated rings. The summed E-state index contributed by atoms with van der Waals surface area (Å²) in [5.41, 5.74) is -0.0885. The minimum absolute atomic E-state index is 0.0885.